The SMILES string of the molecule is CCCNC(CCc1ccnn1C)CC(C)COC. The van der Waals surface area contributed by atoms with E-state index < -0.39 is 0 Å². The van der Waals surface area contributed by atoms with Gasteiger partial charge in [0.2, 0.25) is 0 Å². The molecule has 0 aliphatic carbocycles. The topological polar surface area (TPSA) is 39.1 Å². The number of hydrogen-bond acceptors (Lipinski definition) is 3. The summed E-state index contributed by atoms with van der Waals surface area (Å²) in [7, 11) is 3.79. The number of nitrogens with one attached hydrogen (secondary N) is 1. The van der Waals surface area contributed by atoms with Crippen molar-refractivity contribution in [1.82, 2.24) is 15.1 Å². The Morgan fingerprint density at radius 3 is 2.84 bits per heavy atom. The Kier molecular flexibility index (Phi) is 7.75. The van der Waals surface area contributed by atoms with E-state index >= 15 is 0 Å². The summed E-state index contributed by atoms with van der Waals surface area (Å²) < 4.78 is 7.20. The number of ether oxygens (including phenoxy) is 1. The van der Waals surface area contributed by atoms with Gasteiger partial charge in [0.25, 0.3) is 0 Å². The molecular formula is C15H29N3O. The largest absolute Gasteiger partial charge is 0.384 e. The van der Waals surface area contributed by atoms with Gasteiger partial charge in [0.1, 0.15) is 0 Å². The highest BCUT2D eigenvalue weighted by Crippen LogP contribution is 2.12. The molecule has 0 bridgehead atoms. The maximum absolute atomic E-state index is 5.24. The van der Waals surface area contributed by atoms with E-state index in [1.54, 1.807) is 7.11 Å². The highest BCUT2D eigenvalue weighted by Gasteiger charge is 2.13. The fraction of sp³-hybridized carbons (Fsp3) is 0.800. The molecule has 110 valence electrons. The van der Waals surface area contributed by atoms with Crippen LogP contribution in [0, 0.1) is 5.92 Å². The highest BCUT2D eigenvalue weighted by molar-refractivity contribution is 5.00. The van der Waals surface area contributed by atoms with E-state index in [1.165, 1.54) is 18.5 Å². The minimum Gasteiger partial charge on any atom is -0.384 e. The molecule has 0 radical (unpaired) electrons. The molecule has 1 aromatic heterocycles. The standard InChI is InChI=1S/C15H29N3O/c1-5-9-16-14(11-13(2)12-19-4)6-7-15-8-10-17-18(15)3/h8,10,13-14,16H,5-7,9,11-12H2,1-4H3. The zero-order valence-corrected chi connectivity index (χ0v) is 12.9. The molecule has 4 nitrogen and oxygen atoms in total. The first-order chi connectivity index (χ1) is 9.17. The smallest absolute Gasteiger partial charge is 0.0492 e. The van der Waals surface area contributed by atoms with Gasteiger partial charge in [-0.3, -0.25) is 4.68 Å². The monoisotopic (exact) mass is 267 g/mol. The Balaban J connectivity index is 2.42. The second kappa shape index (κ2) is 9.10. The lowest BCUT2D eigenvalue weighted by Gasteiger charge is -2.22. The summed E-state index contributed by atoms with van der Waals surface area (Å²) in [6.07, 6.45) is 6.47. The number of nitrogens with zero attached hydrogens (tertiary/aromatic N) is 2. The van der Waals surface area contributed by atoms with Crippen molar-refractivity contribution in [2.75, 3.05) is 20.3 Å². The predicted molar refractivity (Wildman–Crippen MR) is 79.3 cm³/mol. The van der Waals surface area contributed by atoms with Crippen LogP contribution in [0.2, 0.25) is 0 Å². The van der Waals surface area contributed by atoms with Crippen LogP contribution >= 0.6 is 0 Å². The Morgan fingerprint density at radius 1 is 1.47 bits per heavy atom. The van der Waals surface area contributed by atoms with Crippen molar-refractivity contribution in [3.8, 4) is 0 Å². The predicted octanol–water partition coefficient (Wildman–Crippen LogP) is 2.39. The minimum atomic E-state index is 0.569. The van der Waals surface area contributed by atoms with Crippen LogP contribution in [0.5, 0.6) is 0 Å². The summed E-state index contributed by atoms with van der Waals surface area (Å²) in [6, 6.07) is 2.68. The van der Waals surface area contributed by atoms with E-state index in [9.17, 15) is 0 Å². The molecular weight excluding hydrogens is 238 g/mol. The summed E-state index contributed by atoms with van der Waals surface area (Å²) in [4.78, 5) is 0. The van der Waals surface area contributed by atoms with Crippen LogP contribution < -0.4 is 5.32 Å². The van der Waals surface area contributed by atoms with Gasteiger partial charge >= 0.3 is 0 Å². The lowest BCUT2D eigenvalue weighted by atomic mass is 9.98. The third-order valence-corrected chi connectivity index (χ3v) is 3.49. The van der Waals surface area contributed by atoms with Crippen molar-refractivity contribution in [2.24, 2.45) is 13.0 Å². The minimum absolute atomic E-state index is 0.569. The number of hydrogen-bond donors (Lipinski definition) is 1. The number of rotatable bonds is 10. The molecule has 4 heteroatoms. The van der Waals surface area contributed by atoms with Crippen molar-refractivity contribution in [2.45, 2.75) is 45.6 Å². The molecule has 1 aromatic rings. The first-order valence-electron chi connectivity index (χ1n) is 7.36. The molecule has 0 aromatic carbocycles. The summed E-state index contributed by atoms with van der Waals surface area (Å²) in [5, 5.41) is 7.88. The van der Waals surface area contributed by atoms with Crippen LogP contribution in [-0.4, -0.2) is 36.1 Å². The van der Waals surface area contributed by atoms with Gasteiger partial charge in [-0.15, -0.1) is 0 Å². The zero-order valence-electron chi connectivity index (χ0n) is 12.9. The Labute approximate surface area is 117 Å². The Bertz CT molecular complexity index is 338. The number of aryl methyl sites for hydroxylation is 2. The van der Waals surface area contributed by atoms with Crippen molar-refractivity contribution >= 4 is 0 Å². The second-order valence-electron chi connectivity index (χ2n) is 5.43. The highest BCUT2D eigenvalue weighted by atomic mass is 16.5. The van der Waals surface area contributed by atoms with Crippen molar-refractivity contribution in [3.63, 3.8) is 0 Å². The first kappa shape index (κ1) is 16.2. The van der Waals surface area contributed by atoms with Gasteiger partial charge in [-0.25, -0.2) is 0 Å². The van der Waals surface area contributed by atoms with E-state index in [-0.39, 0.29) is 0 Å². The fourth-order valence-corrected chi connectivity index (χ4v) is 2.46. The fourth-order valence-electron chi connectivity index (χ4n) is 2.46. The molecule has 0 aliphatic rings. The average molecular weight is 267 g/mol. The lowest BCUT2D eigenvalue weighted by Crippen LogP contribution is -2.32. The van der Waals surface area contributed by atoms with Crippen LogP contribution in [0.3, 0.4) is 0 Å². The lowest BCUT2D eigenvalue weighted by molar-refractivity contribution is 0.148. The molecule has 0 saturated carbocycles. The van der Waals surface area contributed by atoms with E-state index in [4.69, 9.17) is 4.74 Å². The number of aromatic nitrogens is 2. The molecule has 1 rings (SSSR count). The number of methoxy groups -OCH3 is 1. The van der Waals surface area contributed by atoms with Gasteiger partial charge in [0, 0.05) is 38.7 Å². The Morgan fingerprint density at radius 2 is 2.26 bits per heavy atom. The zero-order chi connectivity index (χ0) is 14.1. The maximum atomic E-state index is 5.24. The average Bonchev–Trinajstić information content (AvgIpc) is 2.78. The van der Waals surface area contributed by atoms with Crippen LogP contribution in [0.4, 0.5) is 0 Å². The summed E-state index contributed by atoms with van der Waals surface area (Å²) in [6.45, 7) is 6.41. The van der Waals surface area contributed by atoms with Gasteiger partial charge in [0.15, 0.2) is 0 Å². The van der Waals surface area contributed by atoms with Crippen LogP contribution in [-0.2, 0) is 18.2 Å². The van der Waals surface area contributed by atoms with Crippen molar-refractivity contribution in [3.05, 3.63) is 18.0 Å². The van der Waals surface area contributed by atoms with E-state index in [2.05, 4.69) is 30.3 Å². The maximum Gasteiger partial charge on any atom is 0.0492 e. The summed E-state index contributed by atoms with van der Waals surface area (Å²) in [5.41, 5.74) is 1.31. The van der Waals surface area contributed by atoms with Gasteiger partial charge in [-0.1, -0.05) is 13.8 Å². The van der Waals surface area contributed by atoms with E-state index in [0.29, 0.717) is 12.0 Å². The van der Waals surface area contributed by atoms with Crippen molar-refractivity contribution in [1.29, 1.82) is 0 Å². The molecule has 0 saturated heterocycles. The molecule has 1 heterocycles. The molecule has 0 spiro atoms. The third kappa shape index (κ3) is 6.21. The molecule has 2 unspecified atom stereocenters. The van der Waals surface area contributed by atoms with E-state index in [1.807, 2.05) is 17.9 Å². The van der Waals surface area contributed by atoms with Crippen molar-refractivity contribution < 1.29 is 4.74 Å². The molecule has 0 amide bonds. The molecule has 0 aliphatic heterocycles. The summed E-state index contributed by atoms with van der Waals surface area (Å²) >= 11 is 0. The normalized spacial score (nSPS) is 14.5. The molecule has 19 heavy (non-hydrogen) atoms. The third-order valence-electron chi connectivity index (χ3n) is 3.49. The van der Waals surface area contributed by atoms with Crippen LogP contribution in [0.15, 0.2) is 12.3 Å². The van der Waals surface area contributed by atoms with Crippen LogP contribution in [0.1, 0.15) is 38.8 Å². The Hall–Kier alpha value is -0.870. The quantitative estimate of drug-likeness (QED) is 0.707. The summed E-state index contributed by atoms with van der Waals surface area (Å²) in [5.74, 6) is 0.603. The van der Waals surface area contributed by atoms with E-state index in [0.717, 1.165) is 26.0 Å². The van der Waals surface area contributed by atoms with Gasteiger partial charge in [-0.05, 0) is 44.2 Å². The molecule has 1 N–H and O–H groups in total. The van der Waals surface area contributed by atoms with Gasteiger partial charge < -0.3 is 10.1 Å². The first-order valence-corrected chi connectivity index (χ1v) is 7.36. The van der Waals surface area contributed by atoms with Crippen LogP contribution in [0.25, 0.3) is 0 Å². The van der Waals surface area contributed by atoms with Gasteiger partial charge in [0.05, 0.1) is 0 Å². The second-order valence-corrected chi connectivity index (χ2v) is 5.43. The molecule has 2 atom stereocenters. The molecule has 0 fully saturated rings. The van der Waals surface area contributed by atoms with Gasteiger partial charge in [-0.2, -0.15) is 5.10 Å².